The zero-order valence-electron chi connectivity index (χ0n) is 9.24. The largest absolute Gasteiger partial charge is 0.446 e. The molecule has 0 aromatic heterocycles. The summed E-state index contributed by atoms with van der Waals surface area (Å²) in [5, 5.41) is 3.05. The maximum absolute atomic E-state index is 12.2. The molecule has 0 bridgehead atoms. The summed E-state index contributed by atoms with van der Waals surface area (Å²) in [4.78, 5) is 0.170. The standard InChI is InChI=1S/C13H10F3NS/c14-13(15,16)18-12-8-4-7-11(9-12)17-10-5-2-1-3-6-10/h1-9,17H. The van der Waals surface area contributed by atoms with Gasteiger partial charge >= 0.3 is 5.51 Å². The Balaban J connectivity index is 2.13. The van der Waals surface area contributed by atoms with Gasteiger partial charge in [0.15, 0.2) is 0 Å². The summed E-state index contributed by atoms with van der Waals surface area (Å²) >= 11 is -0.115. The summed E-state index contributed by atoms with van der Waals surface area (Å²) in [5.41, 5.74) is -2.78. The van der Waals surface area contributed by atoms with Crippen molar-refractivity contribution in [3.05, 3.63) is 54.6 Å². The van der Waals surface area contributed by atoms with E-state index >= 15 is 0 Å². The van der Waals surface area contributed by atoms with Gasteiger partial charge in [-0.3, -0.25) is 0 Å². The summed E-state index contributed by atoms with van der Waals surface area (Å²) < 4.78 is 36.7. The Hall–Kier alpha value is -1.62. The van der Waals surface area contributed by atoms with Crippen molar-refractivity contribution in [1.29, 1.82) is 0 Å². The van der Waals surface area contributed by atoms with E-state index in [1.807, 2.05) is 30.3 Å². The third-order valence-electron chi connectivity index (χ3n) is 2.13. The molecule has 0 saturated carbocycles. The molecule has 0 aliphatic rings. The van der Waals surface area contributed by atoms with Crippen LogP contribution in [0.3, 0.4) is 0 Å². The van der Waals surface area contributed by atoms with Crippen LogP contribution in [-0.4, -0.2) is 5.51 Å². The fourth-order valence-corrected chi connectivity index (χ4v) is 2.06. The van der Waals surface area contributed by atoms with Crippen molar-refractivity contribution in [3.8, 4) is 0 Å². The van der Waals surface area contributed by atoms with Gasteiger partial charge in [0, 0.05) is 16.3 Å². The Kier molecular flexibility index (Phi) is 3.81. The highest BCUT2D eigenvalue weighted by atomic mass is 32.2. The van der Waals surface area contributed by atoms with E-state index in [0.29, 0.717) is 5.69 Å². The second-order valence-electron chi connectivity index (χ2n) is 3.57. The van der Waals surface area contributed by atoms with Crippen molar-refractivity contribution in [2.24, 2.45) is 0 Å². The van der Waals surface area contributed by atoms with E-state index in [-0.39, 0.29) is 16.7 Å². The number of para-hydroxylation sites is 1. The molecular weight excluding hydrogens is 259 g/mol. The maximum atomic E-state index is 12.2. The van der Waals surface area contributed by atoms with Crippen LogP contribution in [0.25, 0.3) is 0 Å². The molecule has 18 heavy (non-hydrogen) atoms. The lowest BCUT2D eigenvalue weighted by atomic mass is 10.3. The Labute approximate surface area is 107 Å². The maximum Gasteiger partial charge on any atom is 0.446 e. The highest BCUT2D eigenvalue weighted by molar-refractivity contribution is 8.00. The summed E-state index contributed by atoms with van der Waals surface area (Å²) in [6, 6.07) is 15.5. The van der Waals surface area contributed by atoms with Gasteiger partial charge in [0.2, 0.25) is 0 Å². The highest BCUT2D eigenvalue weighted by Gasteiger charge is 2.29. The zero-order valence-corrected chi connectivity index (χ0v) is 10.1. The average molecular weight is 269 g/mol. The third kappa shape index (κ3) is 4.00. The van der Waals surface area contributed by atoms with Crippen molar-refractivity contribution in [1.82, 2.24) is 0 Å². The van der Waals surface area contributed by atoms with Crippen molar-refractivity contribution in [2.75, 3.05) is 5.32 Å². The molecule has 2 aromatic carbocycles. The van der Waals surface area contributed by atoms with Gasteiger partial charge in [0.1, 0.15) is 0 Å². The lowest BCUT2D eigenvalue weighted by molar-refractivity contribution is -0.0328. The van der Waals surface area contributed by atoms with E-state index in [1.54, 1.807) is 12.1 Å². The number of halogens is 3. The van der Waals surface area contributed by atoms with E-state index in [1.165, 1.54) is 12.1 Å². The molecule has 94 valence electrons. The monoisotopic (exact) mass is 269 g/mol. The van der Waals surface area contributed by atoms with Crippen LogP contribution in [0.2, 0.25) is 0 Å². The van der Waals surface area contributed by atoms with Crippen LogP contribution in [-0.2, 0) is 0 Å². The third-order valence-corrected chi connectivity index (χ3v) is 2.85. The van der Waals surface area contributed by atoms with E-state index in [9.17, 15) is 13.2 Å². The molecule has 0 aliphatic carbocycles. The fraction of sp³-hybridized carbons (Fsp3) is 0.0769. The minimum atomic E-state index is -4.26. The lowest BCUT2D eigenvalue weighted by Crippen LogP contribution is -1.99. The summed E-state index contributed by atoms with van der Waals surface area (Å²) in [6.45, 7) is 0. The van der Waals surface area contributed by atoms with Gasteiger partial charge in [-0.05, 0) is 42.1 Å². The molecule has 0 saturated heterocycles. The predicted octanol–water partition coefficient (Wildman–Crippen LogP) is 5.04. The Bertz CT molecular complexity index is 511. The van der Waals surface area contributed by atoms with E-state index in [2.05, 4.69) is 5.32 Å². The molecule has 0 fully saturated rings. The van der Waals surface area contributed by atoms with Gasteiger partial charge in [0.25, 0.3) is 0 Å². The SMILES string of the molecule is FC(F)(F)Sc1cccc(Nc2ccccc2)c1. The number of anilines is 2. The fourth-order valence-electron chi connectivity index (χ4n) is 1.46. The van der Waals surface area contributed by atoms with Gasteiger partial charge in [-0.15, -0.1) is 0 Å². The van der Waals surface area contributed by atoms with Crippen molar-refractivity contribution >= 4 is 23.1 Å². The van der Waals surface area contributed by atoms with Crippen LogP contribution < -0.4 is 5.32 Å². The molecular formula is C13H10F3NS. The first-order valence-corrected chi connectivity index (χ1v) is 6.02. The number of benzene rings is 2. The first-order chi connectivity index (χ1) is 8.53. The van der Waals surface area contributed by atoms with E-state index in [0.717, 1.165) is 5.69 Å². The molecule has 5 heteroatoms. The van der Waals surface area contributed by atoms with Gasteiger partial charge in [-0.25, -0.2) is 0 Å². The van der Waals surface area contributed by atoms with Crippen LogP contribution in [0.15, 0.2) is 59.5 Å². The Morgan fingerprint density at radius 3 is 2.17 bits per heavy atom. The molecule has 0 unspecified atom stereocenters. The number of nitrogens with one attached hydrogen (secondary N) is 1. The van der Waals surface area contributed by atoms with Crippen LogP contribution in [0.5, 0.6) is 0 Å². The minimum Gasteiger partial charge on any atom is -0.355 e. The second kappa shape index (κ2) is 5.35. The van der Waals surface area contributed by atoms with Gasteiger partial charge < -0.3 is 5.32 Å². The molecule has 0 heterocycles. The average Bonchev–Trinajstić information content (AvgIpc) is 2.28. The molecule has 0 radical (unpaired) electrons. The van der Waals surface area contributed by atoms with Crippen LogP contribution in [0.4, 0.5) is 24.5 Å². The van der Waals surface area contributed by atoms with E-state index in [4.69, 9.17) is 0 Å². The first-order valence-electron chi connectivity index (χ1n) is 5.21. The molecule has 0 amide bonds. The normalized spacial score (nSPS) is 11.3. The van der Waals surface area contributed by atoms with Crippen molar-refractivity contribution in [3.63, 3.8) is 0 Å². The summed E-state index contributed by atoms with van der Waals surface area (Å²) in [6.07, 6.45) is 0. The molecule has 1 N–H and O–H groups in total. The molecule has 0 aliphatic heterocycles. The van der Waals surface area contributed by atoms with Gasteiger partial charge in [0.05, 0.1) is 0 Å². The molecule has 0 atom stereocenters. The number of hydrogen-bond donors (Lipinski definition) is 1. The first kappa shape index (κ1) is 12.8. The molecule has 1 nitrogen and oxygen atoms in total. The summed E-state index contributed by atoms with van der Waals surface area (Å²) in [5.74, 6) is 0. The Morgan fingerprint density at radius 1 is 0.833 bits per heavy atom. The molecule has 2 aromatic rings. The van der Waals surface area contributed by atoms with Gasteiger partial charge in [-0.2, -0.15) is 13.2 Å². The number of alkyl halides is 3. The molecule has 0 spiro atoms. The zero-order chi connectivity index (χ0) is 13.0. The summed E-state index contributed by atoms with van der Waals surface area (Å²) in [7, 11) is 0. The van der Waals surface area contributed by atoms with Crippen LogP contribution in [0, 0.1) is 0 Å². The van der Waals surface area contributed by atoms with Crippen LogP contribution in [0.1, 0.15) is 0 Å². The number of hydrogen-bond acceptors (Lipinski definition) is 2. The lowest BCUT2D eigenvalue weighted by Gasteiger charge is -2.09. The topological polar surface area (TPSA) is 12.0 Å². The minimum absolute atomic E-state index is 0.115. The quantitative estimate of drug-likeness (QED) is 0.783. The predicted molar refractivity (Wildman–Crippen MR) is 68.1 cm³/mol. The van der Waals surface area contributed by atoms with E-state index < -0.39 is 5.51 Å². The van der Waals surface area contributed by atoms with Crippen molar-refractivity contribution in [2.45, 2.75) is 10.4 Å². The highest BCUT2D eigenvalue weighted by Crippen LogP contribution is 2.37. The molecule has 2 rings (SSSR count). The number of rotatable bonds is 3. The smallest absolute Gasteiger partial charge is 0.355 e. The van der Waals surface area contributed by atoms with Crippen molar-refractivity contribution < 1.29 is 13.2 Å². The number of thioether (sulfide) groups is 1. The Morgan fingerprint density at radius 2 is 1.50 bits per heavy atom. The second-order valence-corrected chi connectivity index (χ2v) is 4.71. The van der Waals surface area contributed by atoms with Gasteiger partial charge in [-0.1, -0.05) is 24.3 Å². The van der Waals surface area contributed by atoms with Crippen LogP contribution >= 0.6 is 11.8 Å².